The second-order valence-corrected chi connectivity index (χ2v) is 4.49. The lowest BCUT2D eigenvalue weighted by Gasteiger charge is -2.11. The summed E-state index contributed by atoms with van der Waals surface area (Å²) >= 11 is 1.59. The summed E-state index contributed by atoms with van der Waals surface area (Å²) in [6.07, 6.45) is 1.50. The first-order chi connectivity index (χ1) is 8.20. The second-order valence-electron chi connectivity index (χ2n) is 3.60. The van der Waals surface area contributed by atoms with Crippen LogP contribution >= 0.6 is 11.3 Å². The third-order valence-electron chi connectivity index (χ3n) is 2.20. The van der Waals surface area contributed by atoms with E-state index in [1.165, 1.54) is 6.20 Å². The van der Waals surface area contributed by atoms with Crippen molar-refractivity contribution in [2.45, 2.75) is 19.9 Å². The van der Waals surface area contributed by atoms with Crippen LogP contribution in [0, 0.1) is 18.3 Å². The number of hydrogen-bond acceptors (Lipinski definition) is 6. The molecule has 1 atom stereocenters. The van der Waals surface area contributed by atoms with Crippen LogP contribution < -0.4 is 5.32 Å². The molecule has 0 aliphatic rings. The molecule has 1 unspecified atom stereocenters. The molecule has 2 rings (SSSR count). The van der Waals surface area contributed by atoms with Gasteiger partial charge in [0.05, 0.1) is 17.8 Å². The summed E-state index contributed by atoms with van der Waals surface area (Å²) in [4.78, 5) is 4.39. The molecule has 0 fully saturated rings. The lowest BCUT2D eigenvalue weighted by molar-refractivity contribution is 0.843. The molecule has 0 radical (unpaired) electrons. The summed E-state index contributed by atoms with van der Waals surface area (Å²) in [5.41, 5.74) is 1.48. The van der Waals surface area contributed by atoms with Crippen LogP contribution in [0.2, 0.25) is 0 Å². The van der Waals surface area contributed by atoms with Gasteiger partial charge in [0, 0.05) is 11.1 Å². The first kappa shape index (κ1) is 11.5. The van der Waals surface area contributed by atoms with Crippen LogP contribution in [0.4, 0.5) is 5.82 Å². The SMILES string of the molecule is Cc1csc(C(C)Nc2nnccc2C#N)n1. The van der Waals surface area contributed by atoms with Crippen molar-refractivity contribution < 1.29 is 0 Å². The molecule has 17 heavy (non-hydrogen) atoms. The van der Waals surface area contributed by atoms with Crippen molar-refractivity contribution in [2.24, 2.45) is 0 Å². The third-order valence-corrected chi connectivity index (χ3v) is 3.35. The van der Waals surface area contributed by atoms with E-state index in [4.69, 9.17) is 5.26 Å². The number of hydrogen-bond donors (Lipinski definition) is 1. The van der Waals surface area contributed by atoms with Gasteiger partial charge >= 0.3 is 0 Å². The normalized spacial score (nSPS) is 11.8. The zero-order valence-corrected chi connectivity index (χ0v) is 10.3. The Hall–Kier alpha value is -2.00. The minimum absolute atomic E-state index is 0.0116. The first-order valence-electron chi connectivity index (χ1n) is 5.11. The molecule has 6 heteroatoms. The standard InChI is InChI=1S/C11H11N5S/c1-7-6-17-11(14-7)8(2)15-10-9(5-12)3-4-13-16-10/h3-4,6,8H,1-2H3,(H,15,16). The van der Waals surface area contributed by atoms with Gasteiger partial charge in [-0.25, -0.2) is 4.98 Å². The maximum atomic E-state index is 8.94. The second kappa shape index (κ2) is 4.89. The van der Waals surface area contributed by atoms with Crippen LogP contribution in [0.5, 0.6) is 0 Å². The van der Waals surface area contributed by atoms with E-state index in [1.807, 2.05) is 19.2 Å². The van der Waals surface area contributed by atoms with Gasteiger partial charge in [0.25, 0.3) is 0 Å². The van der Waals surface area contributed by atoms with Crippen molar-refractivity contribution >= 4 is 17.2 Å². The number of thiazole rings is 1. The van der Waals surface area contributed by atoms with E-state index in [-0.39, 0.29) is 6.04 Å². The average molecular weight is 245 g/mol. The molecule has 0 aliphatic carbocycles. The maximum Gasteiger partial charge on any atom is 0.167 e. The molecule has 86 valence electrons. The minimum atomic E-state index is 0.0116. The number of aryl methyl sites for hydroxylation is 1. The predicted molar refractivity (Wildman–Crippen MR) is 65.6 cm³/mol. The molecule has 2 aromatic rings. The van der Waals surface area contributed by atoms with Crippen LogP contribution in [0.25, 0.3) is 0 Å². The summed E-state index contributed by atoms with van der Waals surface area (Å²) in [6.45, 7) is 3.93. The van der Waals surface area contributed by atoms with Crippen molar-refractivity contribution in [3.8, 4) is 6.07 Å². The van der Waals surface area contributed by atoms with Gasteiger partial charge in [0.2, 0.25) is 0 Å². The Balaban J connectivity index is 2.19. The van der Waals surface area contributed by atoms with Crippen LogP contribution in [0.1, 0.15) is 29.2 Å². The van der Waals surface area contributed by atoms with Gasteiger partial charge in [-0.15, -0.1) is 16.4 Å². The van der Waals surface area contributed by atoms with E-state index in [0.29, 0.717) is 11.4 Å². The highest BCUT2D eigenvalue weighted by Gasteiger charge is 2.12. The number of aromatic nitrogens is 3. The molecule has 0 bridgehead atoms. The van der Waals surface area contributed by atoms with Gasteiger partial charge in [0.1, 0.15) is 11.1 Å². The van der Waals surface area contributed by atoms with Crippen LogP contribution in [0.15, 0.2) is 17.6 Å². The van der Waals surface area contributed by atoms with Gasteiger partial charge in [0.15, 0.2) is 5.82 Å². The number of rotatable bonds is 3. The van der Waals surface area contributed by atoms with Crippen molar-refractivity contribution in [2.75, 3.05) is 5.32 Å². The molecular formula is C11H11N5S. The van der Waals surface area contributed by atoms with E-state index < -0.39 is 0 Å². The average Bonchev–Trinajstić information content (AvgIpc) is 2.77. The highest BCUT2D eigenvalue weighted by atomic mass is 32.1. The zero-order valence-electron chi connectivity index (χ0n) is 9.51. The number of nitrogens with one attached hydrogen (secondary N) is 1. The fraction of sp³-hybridized carbons (Fsp3) is 0.273. The number of nitriles is 1. The lowest BCUT2D eigenvalue weighted by Crippen LogP contribution is -2.09. The summed E-state index contributed by atoms with van der Waals surface area (Å²) in [6, 6.07) is 3.72. The molecule has 5 nitrogen and oxygen atoms in total. The van der Waals surface area contributed by atoms with Crippen molar-refractivity contribution in [1.29, 1.82) is 5.26 Å². The molecular weight excluding hydrogens is 234 g/mol. The van der Waals surface area contributed by atoms with E-state index in [2.05, 4.69) is 26.6 Å². The maximum absolute atomic E-state index is 8.94. The predicted octanol–water partition coefficient (Wildman–Crippen LogP) is 2.29. The van der Waals surface area contributed by atoms with Gasteiger partial charge < -0.3 is 5.32 Å². The fourth-order valence-corrected chi connectivity index (χ4v) is 2.17. The third kappa shape index (κ3) is 2.57. The highest BCUT2D eigenvalue weighted by molar-refractivity contribution is 7.09. The Labute approximate surface area is 103 Å². The van der Waals surface area contributed by atoms with E-state index in [1.54, 1.807) is 17.4 Å². The van der Waals surface area contributed by atoms with Gasteiger partial charge in [-0.1, -0.05) is 0 Å². The molecule has 0 aromatic carbocycles. The summed E-state index contributed by atoms with van der Waals surface area (Å²) in [5.74, 6) is 0.496. The monoisotopic (exact) mass is 245 g/mol. The smallest absolute Gasteiger partial charge is 0.167 e. The Morgan fingerprint density at radius 1 is 1.53 bits per heavy atom. The quantitative estimate of drug-likeness (QED) is 0.898. The Kier molecular flexibility index (Phi) is 3.30. The van der Waals surface area contributed by atoms with Crippen molar-refractivity contribution in [1.82, 2.24) is 15.2 Å². The summed E-state index contributed by atoms with van der Waals surface area (Å²) in [7, 11) is 0. The molecule has 2 heterocycles. The topological polar surface area (TPSA) is 74.5 Å². The Morgan fingerprint density at radius 2 is 2.35 bits per heavy atom. The Bertz CT molecular complexity index is 557. The number of anilines is 1. The van der Waals surface area contributed by atoms with Crippen LogP contribution in [-0.2, 0) is 0 Å². The van der Waals surface area contributed by atoms with Gasteiger partial charge in [-0.05, 0) is 19.9 Å². The number of nitrogens with zero attached hydrogens (tertiary/aromatic N) is 4. The lowest BCUT2D eigenvalue weighted by atomic mass is 10.3. The molecule has 0 saturated carbocycles. The minimum Gasteiger partial charge on any atom is -0.359 e. The van der Waals surface area contributed by atoms with Gasteiger partial charge in [-0.3, -0.25) is 0 Å². The van der Waals surface area contributed by atoms with E-state index >= 15 is 0 Å². The highest BCUT2D eigenvalue weighted by Crippen LogP contribution is 2.22. The van der Waals surface area contributed by atoms with Crippen molar-refractivity contribution in [3.63, 3.8) is 0 Å². The first-order valence-corrected chi connectivity index (χ1v) is 5.99. The Morgan fingerprint density at radius 3 is 3.00 bits per heavy atom. The molecule has 0 aliphatic heterocycles. The van der Waals surface area contributed by atoms with Gasteiger partial charge in [-0.2, -0.15) is 10.4 Å². The molecule has 1 N–H and O–H groups in total. The van der Waals surface area contributed by atoms with Crippen LogP contribution in [0.3, 0.4) is 0 Å². The van der Waals surface area contributed by atoms with Crippen molar-refractivity contribution in [3.05, 3.63) is 33.9 Å². The van der Waals surface area contributed by atoms with E-state index in [9.17, 15) is 0 Å². The van der Waals surface area contributed by atoms with E-state index in [0.717, 1.165) is 10.7 Å². The molecule has 2 aromatic heterocycles. The molecule has 0 saturated heterocycles. The fourth-order valence-electron chi connectivity index (χ4n) is 1.37. The zero-order chi connectivity index (χ0) is 12.3. The summed E-state index contributed by atoms with van der Waals surface area (Å²) < 4.78 is 0. The van der Waals surface area contributed by atoms with Crippen LogP contribution in [-0.4, -0.2) is 15.2 Å². The largest absolute Gasteiger partial charge is 0.359 e. The summed E-state index contributed by atoms with van der Waals surface area (Å²) in [5, 5.41) is 22.7. The molecule has 0 amide bonds. The molecule has 0 spiro atoms.